The van der Waals surface area contributed by atoms with Crippen LogP contribution in [-0.2, 0) is 24.2 Å². The van der Waals surface area contributed by atoms with Gasteiger partial charge in [0.25, 0.3) is 5.91 Å². The average Bonchev–Trinajstić information content (AvgIpc) is 3.49. The fourth-order valence-corrected chi connectivity index (χ4v) is 7.15. The molecule has 8 nitrogen and oxygen atoms in total. The number of nitriles is 1. The molecule has 41 heavy (non-hydrogen) atoms. The van der Waals surface area contributed by atoms with Gasteiger partial charge in [-0.15, -0.1) is 28.1 Å². The minimum Gasteiger partial charge on any atom is -0.342 e. The fourth-order valence-electron chi connectivity index (χ4n) is 5.11. The normalized spacial score (nSPS) is 15.6. The highest BCUT2D eigenvalue weighted by molar-refractivity contribution is 7.99. The van der Waals surface area contributed by atoms with Crippen molar-refractivity contribution in [2.45, 2.75) is 71.6 Å². The van der Waals surface area contributed by atoms with E-state index in [1.165, 1.54) is 28.0 Å². The number of carbonyl (C=O) groups excluding carboxylic acids is 2. The van der Waals surface area contributed by atoms with E-state index in [9.17, 15) is 14.9 Å². The second-order valence-electron chi connectivity index (χ2n) is 11.8. The van der Waals surface area contributed by atoms with E-state index in [0.717, 1.165) is 24.8 Å². The number of fused-ring (bicyclic) bond motifs is 1. The molecule has 0 bridgehead atoms. The molecule has 0 fully saturated rings. The first-order chi connectivity index (χ1) is 19.5. The molecule has 10 heteroatoms. The van der Waals surface area contributed by atoms with Crippen LogP contribution >= 0.6 is 23.1 Å². The van der Waals surface area contributed by atoms with Gasteiger partial charge >= 0.3 is 0 Å². The lowest BCUT2D eigenvalue weighted by molar-refractivity contribution is -0.113. The van der Waals surface area contributed by atoms with Crippen molar-refractivity contribution in [3.8, 4) is 6.07 Å². The monoisotopic (exact) mass is 590 g/mol. The number of aromatic nitrogens is 3. The molecule has 2 heterocycles. The van der Waals surface area contributed by atoms with Gasteiger partial charge in [-0.2, -0.15) is 5.26 Å². The number of rotatable bonds is 10. The fraction of sp³-hybridized carbons (Fsp3) is 0.452. The van der Waals surface area contributed by atoms with E-state index in [2.05, 4.69) is 54.3 Å². The van der Waals surface area contributed by atoms with E-state index >= 15 is 0 Å². The molecule has 1 aliphatic carbocycles. The van der Waals surface area contributed by atoms with Crippen LogP contribution in [0.2, 0.25) is 0 Å². The first-order valence-electron chi connectivity index (χ1n) is 13.9. The summed E-state index contributed by atoms with van der Waals surface area (Å²) in [6, 6.07) is 11.0. The van der Waals surface area contributed by atoms with Crippen molar-refractivity contribution in [2.75, 3.05) is 11.1 Å². The van der Waals surface area contributed by atoms with Gasteiger partial charge in [-0.25, -0.2) is 0 Å². The first-order valence-corrected chi connectivity index (χ1v) is 15.7. The zero-order chi connectivity index (χ0) is 29.7. The second-order valence-corrected chi connectivity index (χ2v) is 13.8. The molecule has 1 aromatic carbocycles. The summed E-state index contributed by atoms with van der Waals surface area (Å²) in [6.07, 6.45) is 4.60. The van der Waals surface area contributed by atoms with E-state index in [-0.39, 0.29) is 34.9 Å². The maximum absolute atomic E-state index is 13.0. The first kappa shape index (κ1) is 30.5. The number of thiophene rings is 1. The van der Waals surface area contributed by atoms with Crippen LogP contribution < -0.4 is 10.6 Å². The standard InChI is InChI=1S/C31H38N6O2S2/c1-7-15-37-27(26(19(2)3)34-28(39)20-11-9-8-10-12-20)35-36-30(37)40-18-25(38)33-29-23(17-32)22-14-13-21(31(4,5)6)16-24(22)41-29/h7-12,19,21,26H,1,13-16,18H2,2-6H3,(H,33,38)(H,34,39)/t21-,26-/m0/s1. The zero-order valence-corrected chi connectivity index (χ0v) is 26.0. The van der Waals surface area contributed by atoms with Crippen LogP contribution in [0, 0.1) is 28.6 Å². The van der Waals surface area contributed by atoms with E-state index in [1.54, 1.807) is 18.2 Å². The van der Waals surface area contributed by atoms with Crippen molar-refractivity contribution in [3.63, 3.8) is 0 Å². The molecule has 4 rings (SSSR count). The SMILES string of the molecule is C=CCn1c(SCC(=O)Nc2sc3c(c2C#N)CC[C@H](C(C)(C)C)C3)nnc1[C@@H](NC(=O)c1ccccc1)C(C)C. The van der Waals surface area contributed by atoms with Gasteiger partial charge in [0, 0.05) is 17.0 Å². The number of carbonyl (C=O) groups is 2. The Morgan fingerprint density at radius 2 is 2.00 bits per heavy atom. The lowest BCUT2D eigenvalue weighted by Gasteiger charge is -2.33. The molecule has 1 aliphatic rings. The van der Waals surface area contributed by atoms with E-state index in [0.29, 0.717) is 39.6 Å². The van der Waals surface area contributed by atoms with Crippen molar-refractivity contribution in [1.82, 2.24) is 20.1 Å². The maximum atomic E-state index is 13.0. The molecular formula is C31H38N6O2S2. The highest BCUT2D eigenvalue weighted by atomic mass is 32.2. The quantitative estimate of drug-likeness (QED) is 0.209. The van der Waals surface area contributed by atoms with Crippen molar-refractivity contribution in [2.24, 2.45) is 17.3 Å². The smallest absolute Gasteiger partial charge is 0.251 e. The molecule has 2 atom stereocenters. The summed E-state index contributed by atoms with van der Waals surface area (Å²) in [5, 5.41) is 25.9. The van der Waals surface area contributed by atoms with E-state index < -0.39 is 0 Å². The zero-order valence-electron chi connectivity index (χ0n) is 24.4. The third-order valence-electron chi connectivity index (χ3n) is 7.51. The van der Waals surface area contributed by atoms with E-state index in [1.807, 2.05) is 36.6 Å². The summed E-state index contributed by atoms with van der Waals surface area (Å²) in [7, 11) is 0. The minimum absolute atomic E-state index is 0.0451. The average molecular weight is 591 g/mol. The molecule has 2 aromatic heterocycles. The lowest BCUT2D eigenvalue weighted by Crippen LogP contribution is -2.33. The molecule has 216 valence electrons. The number of amides is 2. The van der Waals surface area contributed by atoms with Crippen molar-refractivity contribution >= 4 is 39.9 Å². The number of benzene rings is 1. The van der Waals surface area contributed by atoms with Gasteiger partial charge in [-0.05, 0) is 54.2 Å². The largest absolute Gasteiger partial charge is 0.342 e. The highest BCUT2D eigenvalue weighted by Gasteiger charge is 2.32. The number of thioether (sulfide) groups is 1. The van der Waals surface area contributed by atoms with Gasteiger partial charge in [-0.3, -0.25) is 9.59 Å². The van der Waals surface area contributed by atoms with Gasteiger partial charge < -0.3 is 15.2 Å². The van der Waals surface area contributed by atoms with Crippen LogP contribution in [0.4, 0.5) is 5.00 Å². The van der Waals surface area contributed by atoms with Gasteiger partial charge in [0.05, 0.1) is 17.4 Å². The van der Waals surface area contributed by atoms with Gasteiger partial charge in [0.2, 0.25) is 5.91 Å². The third-order valence-corrected chi connectivity index (χ3v) is 9.65. The topological polar surface area (TPSA) is 113 Å². The summed E-state index contributed by atoms with van der Waals surface area (Å²) in [6.45, 7) is 15.1. The van der Waals surface area contributed by atoms with Crippen LogP contribution in [-0.4, -0.2) is 32.3 Å². The van der Waals surface area contributed by atoms with Crippen LogP contribution in [0.5, 0.6) is 0 Å². The molecule has 2 N–H and O–H groups in total. The molecule has 2 amide bonds. The second kappa shape index (κ2) is 13.0. The maximum Gasteiger partial charge on any atom is 0.251 e. The predicted octanol–water partition coefficient (Wildman–Crippen LogP) is 6.41. The molecule has 0 saturated carbocycles. The Morgan fingerprint density at radius 3 is 2.63 bits per heavy atom. The summed E-state index contributed by atoms with van der Waals surface area (Å²) in [5.74, 6) is 0.922. The van der Waals surface area contributed by atoms with Gasteiger partial charge in [-0.1, -0.05) is 70.7 Å². The molecular weight excluding hydrogens is 553 g/mol. The number of nitrogens with zero attached hydrogens (tertiary/aromatic N) is 4. The minimum atomic E-state index is -0.383. The third kappa shape index (κ3) is 7.08. The summed E-state index contributed by atoms with van der Waals surface area (Å²) in [4.78, 5) is 27.2. The Kier molecular flexibility index (Phi) is 9.72. The summed E-state index contributed by atoms with van der Waals surface area (Å²) in [5.41, 5.74) is 2.46. The lowest BCUT2D eigenvalue weighted by atomic mass is 9.72. The molecule has 0 unspecified atom stereocenters. The van der Waals surface area contributed by atoms with Crippen molar-refractivity contribution < 1.29 is 9.59 Å². The molecule has 0 radical (unpaired) electrons. The number of anilines is 1. The van der Waals surface area contributed by atoms with Gasteiger partial charge in [0.1, 0.15) is 11.1 Å². The Hall–Kier alpha value is -3.42. The van der Waals surface area contributed by atoms with Gasteiger partial charge in [0.15, 0.2) is 11.0 Å². The van der Waals surface area contributed by atoms with Crippen LogP contribution in [0.25, 0.3) is 0 Å². The van der Waals surface area contributed by atoms with E-state index in [4.69, 9.17) is 0 Å². The Balaban J connectivity index is 1.47. The number of allylic oxidation sites excluding steroid dienone is 1. The molecule has 3 aromatic rings. The number of hydrogen-bond acceptors (Lipinski definition) is 7. The van der Waals surface area contributed by atoms with Crippen LogP contribution in [0.15, 0.2) is 48.1 Å². The number of nitrogens with one attached hydrogen (secondary N) is 2. The molecule has 0 saturated heterocycles. The Bertz CT molecular complexity index is 1450. The molecule has 0 spiro atoms. The summed E-state index contributed by atoms with van der Waals surface area (Å²) >= 11 is 2.80. The van der Waals surface area contributed by atoms with Crippen molar-refractivity contribution in [3.05, 3.63) is 70.4 Å². The number of hydrogen-bond donors (Lipinski definition) is 2. The van der Waals surface area contributed by atoms with Crippen LogP contribution in [0.3, 0.4) is 0 Å². The Morgan fingerprint density at radius 1 is 1.27 bits per heavy atom. The predicted molar refractivity (Wildman–Crippen MR) is 165 cm³/mol. The summed E-state index contributed by atoms with van der Waals surface area (Å²) < 4.78 is 1.89. The van der Waals surface area contributed by atoms with Crippen molar-refractivity contribution in [1.29, 1.82) is 5.26 Å². The Labute approximate surface area is 250 Å². The van der Waals surface area contributed by atoms with Crippen LogP contribution in [0.1, 0.15) is 79.3 Å². The highest BCUT2D eigenvalue weighted by Crippen LogP contribution is 2.44. The molecule has 0 aliphatic heterocycles.